The highest BCUT2D eigenvalue weighted by Gasteiger charge is 2.08. The summed E-state index contributed by atoms with van der Waals surface area (Å²) in [5.41, 5.74) is 4.39. The summed E-state index contributed by atoms with van der Waals surface area (Å²) in [6.07, 6.45) is 0. The lowest BCUT2D eigenvalue weighted by atomic mass is 10.1. The van der Waals surface area contributed by atoms with Gasteiger partial charge in [0.2, 0.25) is 0 Å². The van der Waals surface area contributed by atoms with Gasteiger partial charge < -0.3 is 15.0 Å². The molecule has 0 spiro atoms. The maximum Gasteiger partial charge on any atom is 0.255 e. The molecule has 4 nitrogen and oxygen atoms in total. The zero-order chi connectivity index (χ0) is 19.5. The highest BCUT2D eigenvalue weighted by molar-refractivity contribution is 6.31. The minimum absolute atomic E-state index is 0.156. The SMILES string of the molecule is CCOc1ccc(C(=O)Nc2ccc(-c3cc4cc(Cl)ccc4[nH]3)cc2)cc1. The molecule has 1 amide bonds. The molecule has 5 heteroatoms. The van der Waals surface area contributed by atoms with Gasteiger partial charge in [0.05, 0.1) is 6.61 Å². The van der Waals surface area contributed by atoms with Crippen LogP contribution in [-0.2, 0) is 0 Å². The molecule has 0 radical (unpaired) electrons. The van der Waals surface area contributed by atoms with Crippen molar-refractivity contribution in [2.24, 2.45) is 0 Å². The van der Waals surface area contributed by atoms with Crippen LogP contribution in [0.4, 0.5) is 5.69 Å². The maximum atomic E-state index is 12.4. The number of halogens is 1. The third-order valence-corrected chi connectivity index (χ3v) is 4.70. The van der Waals surface area contributed by atoms with Gasteiger partial charge in [0, 0.05) is 32.9 Å². The van der Waals surface area contributed by atoms with Gasteiger partial charge in [-0.15, -0.1) is 0 Å². The quantitative estimate of drug-likeness (QED) is 0.430. The van der Waals surface area contributed by atoms with Gasteiger partial charge in [-0.3, -0.25) is 4.79 Å². The lowest BCUT2D eigenvalue weighted by molar-refractivity contribution is 0.102. The second-order valence-corrected chi connectivity index (χ2v) is 6.84. The van der Waals surface area contributed by atoms with E-state index in [1.54, 1.807) is 24.3 Å². The van der Waals surface area contributed by atoms with E-state index in [4.69, 9.17) is 16.3 Å². The first kappa shape index (κ1) is 18.1. The lowest BCUT2D eigenvalue weighted by Gasteiger charge is -2.07. The second kappa shape index (κ2) is 7.79. The van der Waals surface area contributed by atoms with E-state index in [-0.39, 0.29) is 5.91 Å². The zero-order valence-corrected chi connectivity index (χ0v) is 16.1. The predicted octanol–water partition coefficient (Wildman–Crippen LogP) is 6.14. The number of hydrogen-bond donors (Lipinski definition) is 2. The van der Waals surface area contributed by atoms with Crippen LogP contribution in [0.25, 0.3) is 22.2 Å². The van der Waals surface area contributed by atoms with Gasteiger partial charge in [-0.25, -0.2) is 0 Å². The van der Waals surface area contributed by atoms with Crippen molar-refractivity contribution in [3.05, 3.63) is 83.4 Å². The minimum Gasteiger partial charge on any atom is -0.494 e. The van der Waals surface area contributed by atoms with Gasteiger partial charge in [-0.05, 0) is 73.2 Å². The lowest BCUT2D eigenvalue weighted by Crippen LogP contribution is -2.11. The summed E-state index contributed by atoms with van der Waals surface area (Å²) in [5.74, 6) is 0.596. The fraction of sp³-hybridized carbons (Fsp3) is 0.0870. The van der Waals surface area contributed by atoms with Crippen LogP contribution in [0.3, 0.4) is 0 Å². The Morgan fingerprint density at radius 3 is 2.46 bits per heavy atom. The van der Waals surface area contributed by atoms with E-state index in [1.165, 1.54) is 0 Å². The fourth-order valence-electron chi connectivity index (χ4n) is 3.06. The van der Waals surface area contributed by atoms with Gasteiger partial charge in [-0.2, -0.15) is 0 Å². The molecule has 0 fully saturated rings. The molecule has 0 saturated carbocycles. The number of aromatic nitrogens is 1. The smallest absolute Gasteiger partial charge is 0.255 e. The highest BCUT2D eigenvalue weighted by atomic mass is 35.5. The first-order valence-corrected chi connectivity index (χ1v) is 9.43. The summed E-state index contributed by atoms with van der Waals surface area (Å²) in [5, 5.41) is 4.69. The molecule has 0 unspecified atom stereocenters. The first-order chi connectivity index (χ1) is 13.6. The summed E-state index contributed by atoms with van der Waals surface area (Å²) < 4.78 is 5.40. The molecule has 1 heterocycles. The number of anilines is 1. The molecule has 0 aliphatic carbocycles. The van der Waals surface area contributed by atoms with E-state index >= 15 is 0 Å². The van der Waals surface area contributed by atoms with E-state index in [2.05, 4.69) is 16.4 Å². The number of benzene rings is 3. The van der Waals surface area contributed by atoms with Crippen molar-refractivity contribution in [3.8, 4) is 17.0 Å². The first-order valence-electron chi connectivity index (χ1n) is 9.05. The van der Waals surface area contributed by atoms with Crippen LogP contribution < -0.4 is 10.1 Å². The Morgan fingerprint density at radius 2 is 1.75 bits per heavy atom. The number of carbonyl (C=O) groups excluding carboxylic acids is 1. The van der Waals surface area contributed by atoms with E-state index < -0.39 is 0 Å². The van der Waals surface area contributed by atoms with Crippen LogP contribution in [0, 0.1) is 0 Å². The number of nitrogens with one attached hydrogen (secondary N) is 2. The molecular formula is C23H19ClN2O2. The molecule has 0 atom stereocenters. The van der Waals surface area contributed by atoms with Crippen molar-refractivity contribution >= 4 is 34.1 Å². The summed E-state index contributed by atoms with van der Waals surface area (Å²) in [6, 6.07) is 22.6. The highest BCUT2D eigenvalue weighted by Crippen LogP contribution is 2.27. The predicted molar refractivity (Wildman–Crippen MR) is 114 cm³/mol. The number of amides is 1. The topological polar surface area (TPSA) is 54.1 Å². The Morgan fingerprint density at radius 1 is 1.00 bits per heavy atom. The normalized spacial score (nSPS) is 10.8. The molecule has 0 aliphatic heterocycles. The number of fused-ring (bicyclic) bond motifs is 1. The summed E-state index contributed by atoms with van der Waals surface area (Å²) in [4.78, 5) is 15.8. The molecule has 1 aromatic heterocycles. The largest absolute Gasteiger partial charge is 0.494 e. The molecule has 3 aromatic carbocycles. The molecular weight excluding hydrogens is 372 g/mol. The van der Waals surface area contributed by atoms with Gasteiger partial charge in [-0.1, -0.05) is 23.7 Å². The molecule has 4 aromatic rings. The van der Waals surface area contributed by atoms with Crippen molar-refractivity contribution in [1.82, 2.24) is 4.98 Å². The third kappa shape index (κ3) is 3.87. The monoisotopic (exact) mass is 390 g/mol. The number of carbonyl (C=O) groups is 1. The molecule has 2 N–H and O–H groups in total. The molecule has 0 saturated heterocycles. The number of ether oxygens (including phenoxy) is 1. The van der Waals surface area contributed by atoms with Crippen molar-refractivity contribution in [2.45, 2.75) is 6.92 Å². The van der Waals surface area contributed by atoms with Gasteiger partial charge in [0.15, 0.2) is 0 Å². The van der Waals surface area contributed by atoms with E-state index in [1.807, 2.05) is 49.4 Å². The molecule has 4 rings (SSSR count). The van der Waals surface area contributed by atoms with Gasteiger partial charge >= 0.3 is 0 Å². The summed E-state index contributed by atoms with van der Waals surface area (Å²) in [7, 11) is 0. The van der Waals surface area contributed by atoms with E-state index in [9.17, 15) is 4.79 Å². The van der Waals surface area contributed by atoms with Crippen LogP contribution >= 0.6 is 11.6 Å². The van der Waals surface area contributed by atoms with Crippen molar-refractivity contribution in [2.75, 3.05) is 11.9 Å². The fourth-order valence-corrected chi connectivity index (χ4v) is 3.25. The standard InChI is InChI=1S/C23H19ClN2O2/c1-2-28-20-10-5-16(6-11-20)23(27)25-19-8-3-15(4-9-19)22-14-17-13-18(24)7-12-21(17)26-22/h3-14,26H,2H2,1H3,(H,25,27). The number of rotatable bonds is 5. The number of aromatic amines is 1. The number of hydrogen-bond acceptors (Lipinski definition) is 2. The molecule has 140 valence electrons. The van der Waals surface area contributed by atoms with E-state index in [0.29, 0.717) is 17.2 Å². The molecule has 0 bridgehead atoms. The van der Waals surface area contributed by atoms with Crippen molar-refractivity contribution < 1.29 is 9.53 Å². The maximum absolute atomic E-state index is 12.4. The third-order valence-electron chi connectivity index (χ3n) is 4.46. The van der Waals surface area contributed by atoms with Crippen LogP contribution in [0.5, 0.6) is 5.75 Å². The van der Waals surface area contributed by atoms with Crippen molar-refractivity contribution in [1.29, 1.82) is 0 Å². The van der Waals surface area contributed by atoms with Crippen molar-refractivity contribution in [3.63, 3.8) is 0 Å². The van der Waals surface area contributed by atoms with E-state index in [0.717, 1.165) is 33.6 Å². The second-order valence-electron chi connectivity index (χ2n) is 6.40. The van der Waals surface area contributed by atoms with Gasteiger partial charge in [0.25, 0.3) is 5.91 Å². The Labute approximate surface area is 168 Å². The summed E-state index contributed by atoms with van der Waals surface area (Å²) in [6.45, 7) is 2.52. The van der Waals surface area contributed by atoms with Crippen LogP contribution in [0.2, 0.25) is 5.02 Å². The zero-order valence-electron chi connectivity index (χ0n) is 15.3. The Kier molecular flexibility index (Phi) is 5.04. The molecule has 28 heavy (non-hydrogen) atoms. The summed E-state index contributed by atoms with van der Waals surface area (Å²) >= 11 is 6.06. The average Bonchev–Trinajstić information content (AvgIpc) is 3.12. The average molecular weight is 391 g/mol. The Bertz CT molecular complexity index is 1120. The Balaban J connectivity index is 1.48. The Hall–Kier alpha value is -3.24. The number of H-pyrrole nitrogens is 1. The van der Waals surface area contributed by atoms with Crippen LogP contribution in [0.1, 0.15) is 17.3 Å². The molecule has 0 aliphatic rings. The van der Waals surface area contributed by atoms with Gasteiger partial charge in [0.1, 0.15) is 5.75 Å². The van der Waals surface area contributed by atoms with Crippen LogP contribution in [-0.4, -0.2) is 17.5 Å². The minimum atomic E-state index is -0.156. The van der Waals surface area contributed by atoms with Crippen LogP contribution in [0.15, 0.2) is 72.8 Å².